The Morgan fingerprint density at radius 2 is 1.87 bits per heavy atom. The molecule has 6 nitrogen and oxygen atoms in total. The van der Waals surface area contributed by atoms with Gasteiger partial charge in [-0.1, -0.05) is 13.8 Å². The highest BCUT2D eigenvalue weighted by Gasteiger charge is 2.29. The first-order valence-corrected chi connectivity index (χ1v) is 4.95. The molecule has 0 radical (unpaired) electrons. The number of hydrogen-bond donors (Lipinski definition) is 3. The van der Waals surface area contributed by atoms with Crippen molar-refractivity contribution in [1.29, 1.82) is 0 Å². The van der Waals surface area contributed by atoms with E-state index in [1.165, 1.54) is 0 Å². The van der Waals surface area contributed by atoms with Gasteiger partial charge >= 0.3 is 6.09 Å². The Balaban J connectivity index is 3.87. The van der Waals surface area contributed by atoms with Crippen molar-refractivity contribution in [2.75, 3.05) is 13.2 Å². The monoisotopic (exact) mass is 217 g/mol. The van der Waals surface area contributed by atoms with Crippen LogP contribution < -0.4 is 16.8 Å². The Labute approximate surface area is 89.3 Å². The second-order valence-corrected chi connectivity index (χ2v) is 3.29. The number of ether oxygens (including phenoxy) is 1. The van der Waals surface area contributed by atoms with E-state index in [9.17, 15) is 9.59 Å². The van der Waals surface area contributed by atoms with Crippen molar-refractivity contribution >= 4 is 12.0 Å². The number of carbonyl (C=O) groups excluding carboxylic acids is 2. The topological polar surface area (TPSA) is 107 Å². The van der Waals surface area contributed by atoms with E-state index in [2.05, 4.69) is 10.1 Å². The van der Waals surface area contributed by atoms with E-state index in [1.54, 1.807) is 0 Å². The summed E-state index contributed by atoms with van der Waals surface area (Å²) in [6, 6.07) is 0. The normalized spacial score (nSPS) is 10.9. The average molecular weight is 217 g/mol. The zero-order chi connectivity index (χ0) is 11.9. The maximum absolute atomic E-state index is 11.6. The molecule has 0 aromatic rings. The highest BCUT2D eigenvalue weighted by Crippen LogP contribution is 2.10. The van der Waals surface area contributed by atoms with Crippen molar-refractivity contribution in [3.63, 3.8) is 0 Å². The van der Waals surface area contributed by atoms with Crippen LogP contribution in [0.5, 0.6) is 0 Å². The van der Waals surface area contributed by atoms with Crippen LogP contribution in [0.4, 0.5) is 4.79 Å². The summed E-state index contributed by atoms with van der Waals surface area (Å²) in [5, 5.41) is 2.58. The zero-order valence-electron chi connectivity index (χ0n) is 9.21. The number of primary amides is 1. The molecule has 0 fully saturated rings. The molecule has 0 spiro atoms. The van der Waals surface area contributed by atoms with Gasteiger partial charge in [0.2, 0.25) is 5.91 Å². The van der Waals surface area contributed by atoms with Crippen LogP contribution in [0, 0.1) is 0 Å². The average Bonchev–Trinajstić information content (AvgIpc) is 2.22. The van der Waals surface area contributed by atoms with Gasteiger partial charge in [-0.25, -0.2) is 4.79 Å². The van der Waals surface area contributed by atoms with E-state index in [4.69, 9.17) is 11.5 Å². The van der Waals surface area contributed by atoms with Crippen LogP contribution in [0.3, 0.4) is 0 Å². The molecule has 0 aliphatic heterocycles. The molecule has 0 aromatic heterocycles. The summed E-state index contributed by atoms with van der Waals surface area (Å²) in [6.45, 7) is 3.98. The van der Waals surface area contributed by atoms with Gasteiger partial charge in [0, 0.05) is 0 Å². The van der Waals surface area contributed by atoms with Gasteiger partial charge in [-0.2, -0.15) is 0 Å². The molecule has 5 N–H and O–H groups in total. The molecule has 88 valence electrons. The molecule has 0 unspecified atom stereocenters. The van der Waals surface area contributed by atoms with E-state index in [-0.39, 0.29) is 19.1 Å². The second-order valence-electron chi connectivity index (χ2n) is 3.29. The molecule has 0 atom stereocenters. The molecule has 0 saturated heterocycles. The Bertz CT molecular complexity index is 227. The Morgan fingerprint density at radius 1 is 1.33 bits per heavy atom. The lowest BCUT2D eigenvalue weighted by Gasteiger charge is -2.24. The predicted octanol–water partition coefficient (Wildman–Crippen LogP) is -0.285. The van der Waals surface area contributed by atoms with Gasteiger partial charge in [-0.3, -0.25) is 4.79 Å². The van der Waals surface area contributed by atoms with E-state index in [0.717, 1.165) is 0 Å². The van der Waals surface area contributed by atoms with Crippen LogP contribution >= 0.6 is 0 Å². The summed E-state index contributed by atoms with van der Waals surface area (Å²) >= 11 is 0. The van der Waals surface area contributed by atoms with Crippen molar-refractivity contribution in [2.24, 2.45) is 11.5 Å². The van der Waals surface area contributed by atoms with Gasteiger partial charge in [0.1, 0.15) is 6.61 Å². The minimum atomic E-state index is -0.853. The van der Waals surface area contributed by atoms with Crippen molar-refractivity contribution in [3.8, 4) is 0 Å². The van der Waals surface area contributed by atoms with Crippen molar-refractivity contribution in [2.45, 2.75) is 32.2 Å². The Kier molecular flexibility index (Phi) is 5.69. The van der Waals surface area contributed by atoms with Crippen LogP contribution in [0.1, 0.15) is 26.7 Å². The lowest BCUT2D eigenvalue weighted by molar-refractivity contribution is -0.126. The van der Waals surface area contributed by atoms with Gasteiger partial charge in [0.25, 0.3) is 0 Å². The lowest BCUT2D eigenvalue weighted by Crippen LogP contribution is -2.53. The number of rotatable bonds is 6. The number of nitrogens with two attached hydrogens (primary N) is 2. The van der Waals surface area contributed by atoms with Crippen LogP contribution in [-0.2, 0) is 9.53 Å². The summed E-state index contributed by atoms with van der Waals surface area (Å²) < 4.78 is 4.46. The van der Waals surface area contributed by atoms with Crippen molar-refractivity contribution < 1.29 is 14.3 Å². The third-order valence-corrected chi connectivity index (χ3v) is 2.35. The summed E-state index contributed by atoms with van der Waals surface area (Å²) in [4.78, 5) is 21.8. The fourth-order valence-electron chi connectivity index (χ4n) is 1.06. The first kappa shape index (κ1) is 13.7. The van der Waals surface area contributed by atoms with Gasteiger partial charge in [0.15, 0.2) is 0 Å². The fourth-order valence-corrected chi connectivity index (χ4v) is 1.06. The third kappa shape index (κ3) is 4.64. The van der Waals surface area contributed by atoms with Crippen molar-refractivity contribution in [1.82, 2.24) is 5.32 Å². The minimum Gasteiger partial charge on any atom is -0.448 e. The van der Waals surface area contributed by atoms with Gasteiger partial charge in [-0.15, -0.1) is 0 Å². The highest BCUT2D eigenvalue weighted by molar-refractivity contribution is 5.85. The van der Waals surface area contributed by atoms with Crippen LogP contribution in [-0.4, -0.2) is 30.7 Å². The number of carbonyl (C=O) groups is 2. The maximum atomic E-state index is 11.6. The first-order valence-electron chi connectivity index (χ1n) is 4.95. The van der Waals surface area contributed by atoms with Gasteiger partial charge in [-0.05, 0) is 12.8 Å². The molecule has 15 heavy (non-hydrogen) atoms. The quantitative estimate of drug-likeness (QED) is 0.531. The molecule has 0 rings (SSSR count). The van der Waals surface area contributed by atoms with Crippen LogP contribution in [0.2, 0.25) is 0 Å². The number of amides is 2. The summed E-state index contributed by atoms with van der Waals surface area (Å²) in [5.41, 5.74) is 9.75. The molecule has 6 heteroatoms. The molecule has 0 heterocycles. The number of hydrogen-bond acceptors (Lipinski definition) is 4. The largest absolute Gasteiger partial charge is 0.448 e. The maximum Gasteiger partial charge on any atom is 0.404 e. The van der Waals surface area contributed by atoms with E-state index >= 15 is 0 Å². The summed E-state index contributed by atoms with van der Waals surface area (Å²) in [6.07, 6.45) is 0.270. The zero-order valence-corrected chi connectivity index (χ0v) is 9.21. The van der Waals surface area contributed by atoms with Gasteiger partial charge < -0.3 is 21.5 Å². The highest BCUT2D eigenvalue weighted by atomic mass is 16.5. The lowest BCUT2D eigenvalue weighted by atomic mass is 9.93. The van der Waals surface area contributed by atoms with E-state index in [0.29, 0.717) is 12.8 Å². The molecular weight excluding hydrogens is 198 g/mol. The molecular formula is C9H19N3O3. The molecule has 0 saturated carbocycles. The fraction of sp³-hybridized carbons (Fsp3) is 0.778. The van der Waals surface area contributed by atoms with Gasteiger partial charge in [0.05, 0.1) is 12.1 Å². The molecule has 0 bridgehead atoms. The standard InChI is InChI=1S/C9H19N3O3/c1-3-9(11,4-2)7(13)12-5-6-15-8(10)14/h3-6,11H2,1-2H3,(H2,10,14)(H,12,13). The molecule has 0 aliphatic rings. The number of nitrogens with one attached hydrogen (secondary N) is 1. The summed E-state index contributed by atoms with van der Waals surface area (Å²) in [5.74, 6) is -0.236. The summed E-state index contributed by atoms with van der Waals surface area (Å²) in [7, 11) is 0. The first-order chi connectivity index (χ1) is 6.96. The van der Waals surface area contributed by atoms with E-state index < -0.39 is 11.6 Å². The smallest absolute Gasteiger partial charge is 0.404 e. The molecule has 0 aliphatic carbocycles. The molecule has 0 aromatic carbocycles. The van der Waals surface area contributed by atoms with E-state index in [1.807, 2.05) is 13.8 Å². The third-order valence-electron chi connectivity index (χ3n) is 2.35. The minimum absolute atomic E-state index is 0.0601. The van der Waals surface area contributed by atoms with Crippen LogP contribution in [0.25, 0.3) is 0 Å². The second kappa shape index (κ2) is 6.23. The van der Waals surface area contributed by atoms with Crippen molar-refractivity contribution in [3.05, 3.63) is 0 Å². The SMILES string of the molecule is CCC(N)(CC)C(=O)NCCOC(N)=O. The molecule has 2 amide bonds. The van der Waals surface area contributed by atoms with Crippen LogP contribution in [0.15, 0.2) is 0 Å². The Hall–Kier alpha value is -1.30. The Morgan fingerprint density at radius 3 is 2.27 bits per heavy atom. The predicted molar refractivity (Wildman–Crippen MR) is 56.0 cm³/mol.